The lowest BCUT2D eigenvalue weighted by Crippen LogP contribution is -2.18. The molecular formula is C12H15F2NO3. The molecule has 2 N–H and O–H groups in total. The Labute approximate surface area is 104 Å². The monoisotopic (exact) mass is 259 g/mol. The van der Waals surface area contributed by atoms with Crippen LogP contribution in [0.5, 0.6) is 0 Å². The molecule has 1 aromatic carbocycles. The molecular weight excluding hydrogens is 244 g/mol. The van der Waals surface area contributed by atoms with E-state index in [9.17, 15) is 13.6 Å². The van der Waals surface area contributed by atoms with Crippen LogP contribution in [0.15, 0.2) is 12.1 Å². The minimum Gasteiger partial charge on any atom is -0.459 e. The van der Waals surface area contributed by atoms with Crippen LogP contribution in [0, 0.1) is 11.6 Å². The van der Waals surface area contributed by atoms with Crippen LogP contribution in [0.2, 0.25) is 0 Å². The maximum Gasteiger partial charge on any atom is 0.340 e. The Bertz CT molecular complexity index is 438. The molecule has 0 aliphatic rings. The minimum absolute atomic E-state index is 0.155. The molecule has 18 heavy (non-hydrogen) atoms. The maximum absolute atomic E-state index is 13.0. The fraction of sp³-hybridized carbons (Fsp3) is 0.417. The first kappa shape index (κ1) is 14.4. The molecule has 0 amide bonds. The van der Waals surface area contributed by atoms with E-state index in [2.05, 4.69) is 0 Å². The molecule has 0 radical (unpaired) electrons. The minimum atomic E-state index is -1.14. The van der Waals surface area contributed by atoms with Crippen LogP contribution < -0.4 is 5.73 Å². The number of hydrogen-bond acceptors (Lipinski definition) is 4. The van der Waals surface area contributed by atoms with Gasteiger partial charge in [0.25, 0.3) is 0 Å². The van der Waals surface area contributed by atoms with Crippen LogP contribution in [0.25, 0.3) is 0 Å². The fourth-order valence-electron chi connectivity index (χ4n) is 1.33. The molecule has 0 saturated heterocycles. The first-order valence-electron chi connectivity index (χ1n) is 5.40. The number of rotatable bonds is 5. The summed E-state index contributed by atoms with van der Waals surface area (Å²) in [5.41, 5.74) is 5.10. The van der Waals surface area contributed by atoms with Crippen LogP contribution in [0.3, 0.4) is 0 Å². The van der Waals surface area contributed by atoms with Gasteiger partial charge in [0, 0.05) is 31.9 Å². The van der Waals surface area contributed by atoms with E-state index in [1.807, 2.05) is 0 Å². The van der Waals surface area contributed by atoms with Gasteiger partial charge in [-0.1, -0.05) is 0 Å². The maximum atomic E-state index is 13.0. The molecule has 0 aliphatic heterocycles. The number of anilines is 1. The highest BCUT2D eigenvalue weighted by atomic mass is 19.2. The lowest BCUT2D eigenvalue weighted by atomic mass is 10.1. The second-order valence-electron chi connectivity index (χ2n) is 3.85. The average molecular weight is 259 g/mol. The van der Waals surface area contributed by atoms with Gasteiger partial charge in [0.2, 0.25) is 0 Å². The smallest absolute Gasteiger partial charge is 0.340 e. The van der Waals surface area contributed by atoms with Gasteiger partial charge in [0.1, 0.15) is 6.10 Å². The molecule has 0 heterocycles. The molecule has 0 spiro atoms. The van der Waals surface area contributed by atoms with Gasteiger partial charge in [-0.15, -0.1) is 0 Å². The molecule has 4 nitrogen and oxygen atoms in total. The quantitative estimate of drug-likeness (QED) is 0.650. The van der Waals surface area contributed by atoms with Crippen molar-refractivity contribution in [2.75, 3.05) is 19.5 Å². The van der Waals surface area contributed by atoms with Crippen molar-refractivity contribution in [2.45, 2.75) is 19.4 Å². The zero-order chi connectivity index (χ0) is 13.7. The molecule has 0 bridgehead atoms. The summed E-state index contributed by atoms with van der Waals surface area (Å²) in [6.07, 6.45) is 0.108. The van der Waals surface area contributed by atoms with E-state index in [-0.39, 0.29) is 11.3 Å². The number of nitrogens with two attached hydrogens (primary N) is 1. The average Bonchev–Trinajstić information content (AvgIpc) is 2.31. The zero-order valence-electron chi connectivity index (χ0n) is 10.2. The van der Waals surface area contributed by atoms with Gasteiger partial charge < -0.3 is 15.2 Å². The third kappa shape index (κ3) is 3.66. The number of benzene rings is 1. The SMILES string of the molecule is COCCC(C)OC(=O)c1cc(F)c(F)cc1N. The second kappa shape index (κ2) is 6.30. The Morgan fingerprint density at radius 3 is 2.61 bits per heavy atom. The largest absolute Gasteiger partial charge is 0.459 e. The van der Waals surface area contributed by atoms with Crippen molar-refractivity contribution in [2.24, 2.45) is 0 Å². The Morgan fingerprint density at radius 2 is 2.00 bits per heavy atom. The highest BCUT2D eigenvalue weighted by Gasteiger charge is 2.17. The Kier molecular flexibility index (Phi) is 5.03. The number of ether oxygens (including phenoxy) is 2. The Hall–Kier alpha value is -1.69. The number of methoxy groups -OCH3 is 1. The Balaban J connectivity index is 2.75. The van der Waals surface area contributed by atoms with Gasteiger partial charge in [-0.25, -0.2) is 13.6 Å². The molecule has 100 valence electrons. The highest BCUT2D eigenvalue weighted by molar-refractivity contribution is 5.95. The van der Waals surface area contributed by atoms with Crippen LogP contribution in [0.1, 0.15) is 23.7 Å². The van der Waals surface area contributed by atoms with Gasteiger partial charge in [-0.3, -0.25) is 0 Å². The number of halogens is 2. The summed E-state index contributed by atoms with van der Waals surface area (Å²) in [5.74, 6) is -3.02. The van der Waals surface area contributed by atoms with Gasteiger partial charge in [0.15, 0.2) is 11.6 Å². The van der Waals surface area contributed by atoms with E-state index in [1.54, 1.807) is 6.92 Å². The van der Waals surface area contributed by atoms with E-state index >= 15 is 0 Å². The van der Waals surface area contributed by atoms with Crippen LogP contribution in [0.4, 0.5) is 14.5 Å². The van der Waals surface area contributed by atoms with Crippen LogP contribution >= 0.6 is 0 Å². The van der Waals surface area contributed by atoms with Crippen molar-refractivity contribution >= 4 is 11.7 Å². The van der Waals surface area contributed by atoms with Gasteiger partial charge in [-0.05, 0) is 13.0 Å². The summed E-state index contributed by atoms with van der Waals surface area (Å²) in [6, 6.07) is 1.49. The number of hydrogen-bond donors (Lipinski definition) is 1. The molecule has 0 aromatic heterocycles. The van der Waals surface area contributed by atoms with E-state index in [4.69, 9.17) is 15.2 Å². The highest BCUT2D eigenvalue weighted by Crippen LogP contribution is 2.18. The van der Waals surface area contributed by atoms with Gasteiger partial charge in [0.05, 0.1) is 5.56 Å². The normalized spacial score (nSPS) is 12.2. The predicted molar refractivity (Wildman–Crippen MR) is 62.1 cm³/mol. The third-order valence-electron chi connectivity index (χ3n) is 2.35. The van der Waals surface area contributed by atoms with Crippen LogP contribution in [-0.4, -0.2) is 25.8 Å². The third-order valence-corrected chi connectivity index (χ3v) is 2.35. The van der Waals surface area contributed by atoms with E-state index in [1.165, 1.54) is 7.11 Å². The summed E-state index contributed by atoms with van der Waals surface area (Å²) >= 11 is 0. The standard InChI is InChI=1S/C12H15F2NO3/c1-7(3-4-17-2)18-12(16)8-5-9(13)10(14)6-11(8)15/h5-7H,3-4,15H2,1-2H3. The van der Waals surface area contributed by atoms with Crippen molar-refractivity contribution < 1.29 is 23.0 Å². The first-order chi connectivity index (χ1) is 8.45. The van der Waals surface area contributed by atoms with Crippen molar-refractivity contribution in [3.63, 3.8) is 0 Å². The van der Waals surface area contributed by atoms with Crippen LogP contribution in [-0.2, 0) is 9.47 Å². The lowest BCUT2D eigenvalue weighted by molar-refractivity contribution is 0.0267. The zero-order valence-corrected chi connectivity index (χ0v) is 10.2. The van der Waals surface area contributed by atoms with Crippen molar-refractivity contribution in [3.05, 3.63) is 29.3 Å². The summed E-state index contributed by atoms with van der Waals surface area (Å²) < 4.78 is 35.7. The molecule has 6 heteroatoms. The summed E-state index contributed by atoms with van der Waals surface area (Å²) in [5, 5.41) is 0. The van der Waals surface area contributed by atoms with Gasteiger partial charge >= 0.3 is 5.97 Å². The van der Waals surface area contributed by atoms with Gasteiger partial charge in [-0.2, -0.15) is 0 Å². The number of nitrogen functional groups attached to an aromatic ring is 1. The Morgan fingerprint density at radius 1 is 1.39 bits per heavy atom. The van der Waals surface area contributed by atoms with E-state index in [0.717, 1.165) is 12.1 Å². The molecule has 1 rings (SSSR count). The first-order valence-corrected chi connectivity index (χ1v) is 5.40. The molecule has 0 saturated carbocycles. The van der Waals surface area contributed by atoms with Crippen molar-refractivity contribution in [3.8, 4) is 0 Å². The molecule has 0 fully saturated rings. The molecule has 1 atom stereocenters. The number of carbonyl (C=O) groups excluding carboxylic acids is 1. The van der Waals surface area contributed by atoms with Crippen molar-refractivity contribution in [1.82, 2.24) is 0 Å². The summed E-state index contributed by atoms with van der Waals surface area (Å²) in [6.45, 7) is 2.11. The molecule has 1 aromatic rings. The van der Waals surface area contributed by atoms with E-state index in [0.29, 0.717) is 13.0 Å². The lowest BCUT2D eigenvalue weighted by Gasteiger charge is -2.13. The van der Waals surface area contributed by atoms with Crippen molar-refractivity contribution in [1.29, 1.82) is 0 Å². The summed E-state index contributed by atoms with van der Waals surface area (Å²) in [7, 11) is 1.53. The number of carbonyl (C=O) groups is 1. The molecule has 1 unspecified atom stereocenters. The topological polar surface area (TPSA) is 61.5 Å². The predicted octanol–water partition coefficient (Wildman–Crippen LogP) is 2.13. The molecule has 0 aliphatic carbocycles. The number of esters is 1. The summed E-state index contributed by atoms with van der Waals surface area (Å²) in [4.78, 5) is 11.7. The fourth-order valence-corrected chi connectivity index (χ4v) is 1.33. The van der Waals surface area contributed by atoms with E-state index < -0.39 is 23.7 Å². The second-order valence-corrected chi connectivity index (χ2v) is 3.85.